The number of benzene rings is 1. The van der Waals surface area contributed by atoms with E-state index in [1.165, 1.54) is 31.4 Å². The first kappa shape index (κ1) is 25.6. The molecule has 4 aromatic rings. The predicted molar refractivity (Wildman–Crippen MR) is 127 cm³/mol. The Bertz CT molecular complexity index is 1280. The van der Waals surface area contributed by atoms with E-state index in [-0.39, 0.29) is 35.5 Å². The van der Waals surface area contributed by atoms with Crippen molar-refractivity contribution in [3.05, 3.63) is 53.0 Å². The molecule has 7 nitrogen and oxygen atoms in total. The van der Waals surface area contributed by atoms with Gasteiger partial charge < -0.3 is 9.30 Å². The number of fused-ring (bicyclic) bond motifs is 1. The van der Waals surface area contributed by atoms with Crippen molar-refractivity contribution in [1.29, 1.82) is 0 Å². The SMILES string of the molecule is CC.Cn1cc(C(F)(F)F)nc1-c1ccc(COc2nc(Cl)nc3cnn(PI)c23)cc1F. The molecule has 3 heterocycles. The summed E-state index contributed by atoms with van der Waals surface area (Å²) in [7, 11) is 1.37. The van der Waals surface area contributed by atoms with Crippen molar-refractivity contribution in [2.45, 2.75) is 26.6 Å². The fourth-order valence-corrected chi connectivity index (χ4v) is 4.54. The first-order valence-electron chi connectivity index (χ1n) is 9.47. The summed E-state index contributed by atoms with van der Waals surface area (Å²) in [6.45, 7) is 3.95. The maximum absolute atomic E-state index is 14.7. The molecule has 14 heteroatoms. The van der Waals surface area contributed by atoms with Crippen LogP contribution in [0.25, 0.3) is 22.4 Å². The van der Waals surface area contributed by atoms with E-state index in [1.807, 2.05) is 13.8 Å². The van der Waals surface area contributed by atoms with Crippen LogP contribution < -0.4 is 4.74 Å². The maximum Gasteiger partial charge on any atom is 0.434 e. The molecule has 0 aliphatic carbocycles. The van der Waals surface area contributed by atoms with Gasteiger partial charge in [0.1, 0.15) is 23.8 Å². The van der Waals surface area contributed by atoms with Gasteiger partial charge in [0.2, 0.25) is 11.2 Å². The third-order valence-electron chi connectivity index (χ3n) is 4.26. The summed E-state index contributed by atoms with van der Waals surface area (Å²) in [4.78, 5) is 11.7. The second-order valence-electron chi connectivity index (χ2n) is 6.33. The summed E-state index contributed by atoms with van der Waals surface area (Å²) in [6.07, 6.45) is -1.99. The summed E-state index contributed by atoms with van der Waals surface area (Å²) in [5, 5.41) is 4.17. The average molecular weight is 615 g/mol. The van der Waals surface area contributed by atoms with E-state index in [1.54, 1.807) is 4.45 Å². The van der Waals surface area contributed by atoms with Gasteiger partial charge in [-0.3, -0.25) is 0 Å². The molecule has 0 radical (unpaired) electrons. The van der Waals surface area contributed by atoms with Crippen LogP contribution in [-0.2, 0) is 19.8 Å². The van der Waals surface area contributed by atoms with E-state index in [9.17, 15) is 17.6 Å². The lowest BCUT2D eigenvalue weighted by Crippen LogP contribution is -2.05. The molecule has 0 N–H and O–H groups in total. The van der Waals surface area contributed by atoms with Gasteiger partial charge in [-0.15, -0.1) is 0 Å². The summed E-state index contributed by atoms with van der Waals surface area (Å²) in [6, 6.07) is 4.07. The summed E-state index contributed by atoms with van der Waals surface area (Å²) < 4.78 is 61.8. The van der Waals surface area contributed by atoms with Gasteiger partial charge in [-0.2, -0.15) is 23.3 Å². The monoisotopic (exact) mass is 614 g/mol. The van der Waals surface area contributed by atoms with E-state index >= 15 is 0 Å². The summed E-state index contributed by atoms with van der Waals surface area (Å²) in [5.41, 5.74) is 0.364. The molecule has 0 aliphatic rings. The van der Waals surface area contributed by atoms with Crippen molar-refractivity contribution < 1.29 is 22.3 Å². The number of aromatic nitrogens is 6. The van der Waals surface area contributed by atoms with Gasteiger partial charge in [0.05, 0.1) is 18.1 Å². The van der Waals surface area contributed by atoms with Crippen LogP contribution in [0.1, 0.15) is 25.1 Å². The Morgan fingerprint density at radius 2 is 1.91 bits per heavy atom. The number of hydrogen-bond acceptors (Lipinski definition) is 5. The topological polar surface area (TPSA) is 70.7 Å². The fourth-order valence-electron chi connectivity index (χ4n) is 2.88. The van der Waals surface area contributed by atoms with Crippen molar-refractivity contribution in [1.82, 2.24) is 29.1 Å². The van der Waals surface area contributed by atoms with E-state index < -0.39 is 17.7 Å². The molecule has 1 atom stereocenters. The fraction of sp³-hybridized carbons (Fsp3) is 0.263. The number of hydrogen-bond donors (Lipinski definition) is 0. The van der Waals surface area contributed by atoms with Crippen LogP contribution in [0.3, 0.4) is 0 Å². The number of halogens is 6. The molecular formula is C19H17ClF4IN6OP. The van der Waals surface area contributed by atoms with Gasteiger partial charge in [-0.1, -0.05) is 19.9 Å². The first-order chi connectivity index (χ1) is 15.7. The normalized spacial score (nSPS) is 11.8. The molecule has 1 aromatic carbocycles. The van der Waals surface area contributed by atoms with Crippen molar-refractivity contribution >= 4 is 51.0 Å². The van der Waals surface area contributed by atoms with Crippen LogP contribution in [-0.4, -0.2) is 29.1 Å². The Kier molecular flexibility index (Phi) is 8.12. The minimum absolute atomic E-state index is 0.0179. The number of imidazole rings is 1. The maximum atomic E-state index is 14.7. The quantitative estimate of drug-likeness (QED) is 0.112. The Hall–Kier alpha value is -2.05. The van der Waals surface area contributed by atoms with Crippen molar-refractivity contribution in [2.24, 2.45) is 7.05 Å². The molecule has 176 valence electrons. The molecule has 1 unspecified atom stereocenters. The van der Waals surface area contributed by atoms with E-state index in [0.29, 0.717) is 16.6 Å². The van der Waals surface area contributed by atoms with Gasteiger partial charge >= 0.3 is 6.18 Å². The lowest BCUT2D eigenvalue weighted by molar-refractivity contribution is -0.140. The number of rotatable bonds is 5. The van der Waals surface area contributed by atoms with Crippen LogP contribution >= 0.6 is 40.0 Å². The molecule has 0 amide bonds. The molecule has 33 heavy (non-hydrogen) atoms. The smallest absolute Gasteiger partial charge is 0.434 e. The summed E-state index contributed by atoms with van der Waals surface area (Å²) >= 11 is 8.07. The van der Waals surface area contributed by atoms with Crippen molar-refractivity contribution in [3.63, 3.8) is 0 Å². The highest BCUT2D eigenvalue weighted by Gasteiger charge is 2.34. The highest BCUT2D eigenvalue weighted by molar-refractivity contribution is 14.2. The van der Waals surface area contributed by atoms with Crippen molar-refractivity contribution in [3.8, 4) is 17.3 Å². The van der Waals surface area contributed by atoms with Crippen LogP contribution in [0.5, 0.6) is 5.88 Å². The first-order valence-corrected chi connectivity index (χ1v) is 13.9. The zero-order valence-electron chi connectivity index (χ0n) is 17.5. The van der Waals surface area contributed by atoms with Gasteiger partial charge in [0.25, 0.3) is 0 Å². The van der Waals surface area contributed by atoms with Crippen molar-refractivity contribution in [2.75, 3.05) is 0 Å². The van der Waals surface area contributed by atoms with Gasteiger partial charge in [0.15, 0.2) is 11.2 Å². The standard InChI is InChI=1S/C17H11ClF4IN6OP.C2H6/c1-28-6-12(17(20,21)22)26-14(28)9-3-2-8(4-10(9)19)7-30-15-13-11(25-16(18)27-15)5-24-29(13)31-23;1-2/h2-6,31H,7H2,1H3;1-2H3. The second-order valence-corrected chi connectivity index (χ2v) is 8.71. The molecule has 0 spiro atoms. The highest BCUT2D eigenvalue weighted by Crippen LogP contribution is 2.34. The molecular weight excluding hydrogens is 598 g/mol. The third-order valence-corrected chi connectivity index (χ3v) is 6.29. The van der Waals surface area contributed by atoms with Crippen LogP contribution in [0.15, 0.2) is 30.6 Å². The largest absolute Gasteiger partial charge is 0.471 e. The molecule has 0 bridgehead atoms. The second kappa shape index (κ2) is 10.5. The molecule has 0 saturated heterocycles. The number of alkyl halides is 3. The minimum atomic E-state index is -4.62. The van der Waals surface area contributed by atoms with Crippen LogP contribution in [0, 0.1) is 5.82 Å². The number of nitrogens with zero attached hydrogens (tertiary/aromatic N) is 6. The molecule has 0 saturated carbocycles. The van der Waals surface area contributed by atoms with Gasteiger partial charge in [-0.25, -0.2) is 18.8 Å². The Morgan fingerprint density at radius 3 is 2.52 bits per heavy atom. The summed E-state index contributed by atoms with van der Waals surface area (Å²) in [5.74, 6) is -0.665. The Labute approximate surface area is 205 Å². The Morgan fingerprint density at radius 1 is 1.18 bits per heavy atom. The number of ether oxygens (including phenoxy) is 1. The minimum Gasteiger partial charge on any atom is -0.471 e. The Balaban J connectivity index is 0.00000149. The van der Waals surface area contributed by atoms with E-state index in [4.69, 9.17) is 16.3 Å². The zero-order valence-corrected chi connectivity index (χ0v) is 21.4. The zero-order chi connectivity index (χ0) is 24.3. The van der Waals surface area contributed by atoms with Crippen LogP contribution in [0.4, 0.5) is 17.6 Å². The van der Waals surface area contributed by atoms with E-state index in [0.717, 1.165) is 10.8 Å². The molecule has 0 fully saturated rings. The average Bonchev–Trinajstić information content (AvgIpc) is 3.36. The molecule has 3 aromatic heterocycles. The highest BCUT2D eigenvalue weighted by atomic mass is 127. The molecule has 0 aliphatic heterocycles. The lowest BCUT2D eigenvalue weighted by Gasteiger charge is -2.10. The third kappa shape index (κ3) is 5.55. The predicted octanol–water partition coefficient (Wildman–Crippen LogP) is 6.43. The van der Waals surface area contributed by atoms with Crippen LogP contribution in [0.2, 0.25) is 5.28 Å². The lowest BCUT2D eigenvalue weighted by atomic mass is 10.1. The van der Waals surface area contributed by atoms with Gasteiger partial charge in [-0.05, 0) is 51.3 Å². The molecule has 4 rings (SSSR count). The number of aryl methyl sites for hydroxylation is 1. The van der Waals surface area contributed by atoms with Gasteiger partial charge in [0, 0.05) is 13.2 Å². The van der Waals surface area contributed by atoms with E-state index in [2.05, 4.69) is 42.1 Å².